The highest BCUT2D eigenvalue weighted by Crippen LogP contribution is 2.31. The molecule has 100 valence electrons. The number of hydrogen-bond acceptors (Lipinski definition) is 3. The molecule has 5 nitrogen and oxygen atoms in total. The van der Waals surface area contributed by atoms with Gasteiger partial charge in [-0.2, -0.15) is 0 Å². The number of Topliss-reactive ketones (excluding diaryl/α,β-unsaturated/α-hetero) is 1. The van der Waals surface area contributed by atoms with Crippen LogP contribution in [0.4, 0.5) is 4.79 Å². The van der Waals surface area contributed by atoms with Crippen LogP contribution in [0.25, 0.3) is 0 Å². The van der Waals surface area contributed by atoms with E-state index in [4.69, 9.17) is 0 Å². The van der Waals surface area contributed by atoms with Crippen molar-refractivity contribution in [2.45, 2.75) is 51.5 Å². The summed E-state index contributed by atoms with van der Waals surface area (Å²) in [5.74, 6) is -0.165. The Morgan fingerprint density at radius 2 is 2.11 bits per heavy atom. The van der Waals surface area contributed by atoms with E-state index in [1.165, 1.54) is 0 Å². The normalized spacial score (nSPS) is 27.6. The van der Waals surface area contributed by atoms with Crippen LogP contribution in [0, 0.1) is 5.92 Å². The van der Waals surface area contributed by atoms with Crippen molar-refractivity contribution in [2.75, 3.05) is 6.54 Å². The molecule has 1 unspecified atom stereocenters. The van der Waals surface area contributed by atoms with Crippen LogP contribution in [0.3, 0.4) is 0 Å². The Bertz CT molecular complexity index is 390. The molecule has 1 aliphatic carbocycles. The van der Waals surface area contributed by atoms with Crippen LogP contribution in [0.5, 0.6) is 0 Å². The van der Waals surface area contributed by atoms with Crippen LogP contribution >= 0.6 is 0 Å². The molecular weight excluding hydrogens is 232 g/mol. The van der Waals surface area contributed by atoms with Crippen molar-refractivity contribution in [3.63, 3.8) is 0 Å². The molecule has 1 heterocycles. The fourth-order valence-corrected chi connectivity index (χ4v) is 2.28. The molecule has 0 aromatic rings. The molecule has 2 aliphatic rings. The van der Waals surface area contributed by atoms with Crippen molar-refractivity contribution < 1.29 is 14.4 Å². The molecule has 0 aromatic heterocycles. The number of carbonyl (C=O) groups is 3. The molecule has 5 heteroatoms. The topological polar surface area (TPSA) is 66.5 Å². The lowest BCUT2D eigenvalue weighted by atomic mass is 9.95. The molecule has 2 rings (SSSR count). The van der Waals surface area contributed by atoms with Crippen molar-refractivity contribution >= 4 is 17.7 Å². The van der Waals surface area contributed by atoms with E-state index in [9.17, 15) is 14.4 Å². The molecule has 1 N–H and O–H groups in total. The maximum Gasteiger partial charge on any atom is 0.325 e. The maximum absolute atomic E-state index is 12.2. The highest BCUT2D eigenvalue weighted by atomic mass is 16.2. The van der Waals surface area contributed by atoms with Gasteiger partial charge in [0.15, 0.2) is 5.78 Å². The van der Waals surface area contributed by atoms with Gasteiger partial charge in [-0.3, -0.25) is 14.5 Å². The summed E-state index contributed by atoms with van der Waals surface area (Å²) < 4.78 is 0. The number of carbonyl (C=O) groups excluding carboxylic acids is 3. The third kappa shape index (κ3) is 2.40. The zero-order valence-corrected chi connectivity index (χ0v) is 11.0. The number of urea groups is 1. The Balaban J connectivity index is 2.01. The summed E-state index contributed by atoms with van der Waals surface area (Å²) in [6.07, 6.45) is 4.28. The van der Waals surface area contributed by atoms with E-state index in [0.29, 0.717) is 6.42 Å². The fourth-order valence-electron chi connectivity index (χ4n) is 2.28. The summed E-state index contributed by atoms with van der Waals surface area (Å²) >= 11 is 0. The van der Waals surface area contributed by atoms with E-state index >= 15 is 0 Å². The molecule has 1 saturated heterocycles. The Labute approximate surface area is 107 Å². The summed E-state index contributed by atoms with van der Waals surface area (Å²) in [6.45, 7) is 3.72. The van der Waals surface area contributed by atoms with Gasteiger partial charge in [-0.1, -0.05) is 19.8 Å². The molecule has 0 bridgehead atoms. The number of rotatable bonds is 6. The predicted octanol–water partition coefficient (Wildman–Crippen LogP) is 1.47. The quantitative estimate of drug-likeness (QED) is 0.728. The second-order valence-corrected chi connectivity index (χ2v) is 5.50. The van der Waals surface area contributed by atoms with E-state index < -0.39 is 11.6 Å². The first-order valence-electron chi connectivity index (χ1n) is 6.65. The molecule has 1 aliphatic heterocycles. The number of nitrogens with one attached hydrogen (secondary N) is 1. The smallest absolute Gasteiger partial charge is 0.323 e. The molecule has 3 amide bonds. The van der Waals surface area contributed by atoms with Crippen LogP contribution in [-0.2, 0) is 9.59 Å². The standard InChI is InChI=1S/C13H20N2O3/c1-3-4-7-13(2)11(17)15(12(18)14-13)8-10(16)9-5-6-9/h9H,3-8H2,1-2H3,(H,14,18). The first kappa shape index (κ1) is 13.1. The van der Waals surface area contributed by atoms with Gasteiger partial charge in [-0.25, -0.2) is 4.79 Å². The van der Waals surface area contributed by atoms with Gasteiger partial charge in [0.2, 0.25) is 0 Å². The zero-order valence-electron chi connectivity index (χ0n) is 11.0. The molecule has 0 spiro atoms. The minimum atomic E-state index is -0.822. The first-order valence-corrected chi connectivity index (χ1v) is 6.65. The average molecular weight is 252 g/mol. The summed E-state index contributed by atoms with van der Waals surface area (Å²) in [7, 11) is 0. The Hall–Kier alpha value is -1.39. The minimum absolute atomic E-state index is 0.0123. The second-order valence-electron chi connectivity index (χ2n) is 5.50. The van der Waals surface area contributed by atoms with E-state index in [1.54, 1.807) is 6.92 Å². The zero-order chi connectivity index (χ0) is 13.3. The van der Waals surface area contributed by atoms with E-state index in [-0.39, 0.29) is 24.2 Å². The summed E-state index contributed by atoms with van der Waals surface area (Å²) in [6, 6.07) is -0.424. The molecule has 18 heavy (non-hydrogen) atoms. The molecule has 0 aromatic carbocycles. The molecule has 1 saturated carbocycles. The van der Waals surface area contributed by atoms with Crippen LogP contribution in [0.15, 0.2) is 0 Å². The van der Waals surface area contributed by atoms with Gasteiger partial charge >= 0.3 is 6.03 Å². The van der Waals surface area contributed by atoms with Gasteiger partial charge < -0.3 is 5.32 Å². The Morgan fingerprint density at radius 3 is 2.67 bits per heavy atom. The van der Waals surface area contributed by atoms with E-state index in [1.807, 2.05) is 6.92 Å². The van der Waals surface area contributed by atoms with Gasteiger partial charge in [0.25, 0.3) is 5.91 Å². The van der Waals surface area contributed by atoms with Crippen LogP contribution < -0.4 is 5.32 Å². The SMILES string of the molecule is CCCCC1(C)NC(=O)N(CC(=O)C2CC2)C1=O. The van der Waals surface area contributed by atoms with Gasteiger partial charge in [-0.05, 0) is 26.2 Å². The summed E-state index contributed by atoms with van der Waals surface area (Å²) in [5, 5.41) is 2.71. The lowest BCUT2D eigenvalue weighted by molar-refractivity contribution is -0.134. The van der Waals surface area contributed by atoms with E-state index in [0.717, 1.165) is 30.6 Å². The van der Waals surface area contributed by atoms with Crippen LogP contribution in [-0.4, -0.2) is 34.7 Å². The number of ketones is 1. The lowest BCUT2D eigenvalue weighted by Gasteiger charge is -2.21. The van der Waals surface area contributed by atoms with Crippen molar-refractivity contribution in [1.29, 1.82) is 0 Å². The third-order valence-electron chi connectivity index (χ3n) is 3.72. The Kier molecular flexibility index (Phi) is 3.41. The fraction of sp³-hybridized carbons (Fsp3) is 0.769. The number of hydrogen-bond donors (Lipinski definition) is 1. The maximum atomic E-state index is 12.2. The van der Waals surface area contributed by atoms with Crippen molar-refractivity contribution in [3.05, 3.63) is 0 Å². The number of unbranched alkanes of at least 4 members (excludes halogenated alkanes) is 1. The summed E-state index contributed by atoms with van der Waals surface area (Å²) in [4.78, 5) is 36.8. The average Bonchev–Trinajstić information content (AvgIpc) is 3.13. The van der Waals surface area contributed by atoms with Gasteiger partial charge in [0.1, 0.15) is 5.54 Å². The largest absolute Gasteiger partial charge is 0.325 e. The van der Waals surface area contributed by atoms with Gasteiger partial charge in [0.05, 0.1) is 6.54 Å². The molecule has 2 fully saturated rings. The van der Waals surface area contributed by atoms with Crippen LogP contribution in [0.1, 0.15) is 46.0 Å². The highest BCUT2D eigenvalue weighted by Gasteiger charge is 2.48. The first-order chi connectivity index (χ1) is 8.48. The number of amides is 3. The van der Waals surface area contributed by atoms with E-state index in [2.05, 4.69) is 5.32 Å². The monoisotopic (exact) mass is 252 g/mol. The predicted molar refractivity (Wildman–Crippen MR) is 65.9 cm³/mol. The third-order valence-corrected chi connectivity index (χ3v) is 3.72. The molecular formula is C13H20N2O3. The van der Waals surface area contributed by atoms with Crippen molar-refractivity contribution in [2.24, 2.45) is 5.92 Å². The van der Waals surface area contributed by atoms with Crippen LogP contribution in [0.2, 0.25) is 0 Å². The second kappa shape index (κ2) is 4.71. The van der Waals surface area contributed by atoms with Crippen molar-refractivity contribution in [3.8, 4) is 0 Å². The van der Waals surface area contributed by atoms with Crippen molar-refractivity contribution in [1.82, 2.24) is 10.2 Å². The summed E-state index contributed by atoms with van der Waals surface area (Å²) in [5.41, 5.74) is -0.822. The lowest BCUT2D eigenvalue weighted by Crippen LogP contribution is -2.44. The highest BCUT2D eigenvalue weighted by molar-refractivity contribution is 6.09. The molecule has 1 atom stereocenters. The number of imide groups is 1. The van der Waals surface area contributed by atoms with Gasteiger partial charge in [-0.15, -0.1) is 0 Å². The van der Waals surface area contributed by atoms with Gasteiger partial charge in [0, 0.05) is 5.92 Å². The molecule has 0 radical (unpaired) electrons. The number of nitrogens with zero attached hydrogens (tertiary/aromatic N) is 1. The minimum Gasteiger partial charge on any atom is -0.323 e. The Morgan fingerprint density at radius 1 is 1.44 bits per heavy atom.